The summed E-state index contributed by atoms with van der Waals surface area (Å²) in [5.74, 6) is -1.28. The molecule has 2 amide bonds. The van der Waals surface area contributed by atoms with Crippen molar-refractivity contribution < 1.29 is 9.59 Å². The van der Waals surface area contributed by atoms with Crippen molar-refractivity contribution in [2.45, 2.75) is 0 Å². The molecule has 2 heterocycles. The quantitative estimate of drug-likeness (QED) is 0.614. The molecule has 0 aliphatic carbocycles. The number of nitrogens with one attached hydrogen (secondary N) is 3. The van der Waals surface area contributed by atoms with Crippen molar-refractivity contribution >= 4 is 22.7 Å². The summed E-state index contributed by atoms with van der Waals surface area (Å²) in [5, 5.41) is 0.906. The van der Waals surface area contributed by atoms with Crippen molar-refractivity contribution in [1.82, 2.24) is 20.8 Å². The smallest absolute Gasteiger partial charge is 0.288 e. The van der Waals surface area contributed by atoms with Crippen LogP contribution in [0.25, 0.3) is 10.9 Å². The maximum absolute atomic E-state index is 12.0. The first-order chi connectivity index (χ1) is 11.1. The highest BCUT2D eigenvalue weighted by Gasteiger charge is 2.12. The highest BCUT2D eigenvalue weighted by atomic mass is 16.2. The molecular weight excluding hydrogens is 296 g/mol. The van der Waals surface area contributed by atoms with Crippen LogP contribution in [0.3, 0.4) is 0 Å². The minimum Gasteiger partial charge on any atom is -0.328 e. The third-order valence-corrected chi connectivity index (χ3v) is 3.18. The summed E-state index contributed by atoms with van der Waals surface area (Å²) >= 11 is 0. The van der Waals surface area contributed by atoms with E-state index >= 15 is 0 Å². The second-order valence-corrected chi connectivity index (χ2v) is 4.71. The largest absolute Gasteiger partial charge is 0.328 e. The maximum Gasteiger partial charge on any atom is 0.288 e. The Morgan fingerprint density at radius 2 is 1.70 bits per heavy atom. The van der Waals surface area contributed by atoms with Gasteiger partial charge in [0.25, 0.3) is 17.4 Å². The van der Waals surface area contributed by atoms with Crippen molar-refractivity contribution in [3.63, 3.8) is 0 Å². The van der Waals surface area contributed by atoms with Gasteiger partial charge < -0.3 is 4.98 Å². The first-order valence-electron chi connectivity index (χ1n) is 6.79. The Morgan fingerprint density at radius 3 is 2.52 bits per heavy atom. The van der Waals surface area contributed by atoms with Gasteiger partial charge in [0.15, 0.2) is 0 Å². The van der Waals surface area contributed by atoms with E-state index in [-0.39, 0.29) is 11.3 Å². The third-order valence-electron chi connectivity index (χ3n) is 3.18. The lowest BCUT2D eigenvalue weighted by molar-refractivity contribution is 0.0843. The Bertz CT molecular complexity index is 949. The summed E-state index contributed by atoms with van der Waals surface area (Å²) in [6, 6.07) is 13.6. The van der Waals surface area contributed by atoms with E-state index in [9.17, 15) is 14.4 Å². The van der Waals surface area contributed by atoms with Crippen LogP contribution in [0.1, 0.15) is 20.8 Å². The number of para-hydroxylation sites is 1. The minimum absolute atomic E-state index is 0.0979. The Labute approximate surface area is 130 Å². The minimum atomic E-state index is -0.707. The number of pyridine rings is 2. The summed E-state index contributed by atoms with van der Waals surface area (Å²) in [5.41, 5.74) is 4.62. The number of aromatic nitrogens is 2. The molecule has 0 aliphatic heterocycles. The summed E-state index contributed by atoms with van der Waals surface area (Å²) in [6.07, 6.45) is 1.41. The highest BCUT2D eigenvalue weighted by Crippen LogP contribution is 2.11. The predicted molar refractivity (Wildman–Crippen MR) is 83.7 cm³/mol. The van der Waals surface area contributed by atoms with Gasteiger partial charge in [0.1, 0.15) is 11.3 Å². The van der Waals surface area contributed by atoms with Gasteiger partial charge in [0, 0.05) is 11.6 Å². The molecule has 0 bridgehead atoms. The van der Waals surface area contributed by atoms with Crippen LogP contribution >= 0.6 is 0 Å². The van der Waals surface area contributed by atoms with E-state index in [1.165, 1.54) is 18.3 Å². The van der Waals surface area contributed by atoms with Crippen LogP contribution < -0.4 is 16.4 Å². The normalized spacial score (nSPS) is 10.3. The van der Waals surface area contributed by atoms with Gasteiger partial charge in [-0.25, -0.2) is 4.98 Å². The van der Waals surface area contributed by atoms with Crippen LogP contribution in [0.2, 0.25) is 0 Å². The fourth-order valence-corrected chi connectivity index (χ4v) is 2.04. The number of rotatable bonds is 2. The van der Waals surface area contributed by atoms with Crippen LogP contribution in [0.4, 0.5) is 0 Å². The summed E-state index contributed by atoms with van der Waals surface area (Å²) < 4.78 is 0. The van der Waals surface area contributed by atoms with Gasteiger partial charge in [0.2, 0.25) is 0 Å². The summed E-state index contributed by atoms with van der Waals surface area (Å²) in [6.45, 7) is 0. The number of nitrogens with zero attached hydrogens (tertiary/aromatic N) is 1. The molecule has 0 saturated heterocycles. The molecular formula is C16H12N4O3. The first-order valence-corrected chi connectivity index (χ1v) is 6.79. The average Bonchev–Trinajstić information content (AvgIpc) is 2.59. The topological polar surface area (TPSA) is 104 Å². The van der Waals surface area contributed by atoms with E-state index in [2.05, 4.69) is 20.8 Å². The van der Waals surface area contributed by atoms with Crippen molar-refractivity contribution in [2.24, 2.45) is 0 Å². The van der Waals surface area contributed by atoms with Crippen molar-refractivity contribution in [3.8, 4) is 0 Å². The maximum atomic E-state index is 12.0. The molecule has 7 heteroatoms. The Balaban J connectivity index is 1.72. The molecule has 0 unspecified atom stereocenters. The molecule has 0 aliphatic rings. The van der Waals surface area contributed by atoms with Gasteiger partial charge in [-0.2, -0.15) is 0 Å². The Kier molecular flexibility index (Phi) is 3.84. The van der Waals surface area contributed by atoms with Gasteiger partial charge in [-0.1, -0.05) is 24.3 Å². The molecule has 3 rings (SSSR count). The van der Waals surface area contributed by atoms with E-state index in [0.29, 0.717) is 5.52 Å². The zero-order chi connectivity index (χ0) is 16.2. The van der Waals surface area contributed by atoms with Crippen molar-refractivity contribution in [2.75, 3.05) is 0 Å². The number of carbonyl (C=O) groups excluding carboxylic acids is 2. The molecule has 3 aromatic rings. The predicted octanol–water partition coefficient (Wildman–Crippen LogP) is 0.998. The molecule has 3 N–H and O–H groups in total. The summed E-state index contributed by atoms with van der Waals surface area (Å²) in [7, 11) is 0. The van der Waals surface area contributed by atoms with E-state index in [4.69, 9.17) is 0 Å². The third kappa shape index (κ3) is 3.08. The lowest BCUT2D eigenvalue weighted by Crippen LogP contribution is -2.43. The summed E-state index contributed by atoms with van der Waals surface area (Å²) in [4.78, 5) is 42.0. The lowest BCUT2D eigenvalue weighted by atomic mass is 10.2. The van der Waals surface area contributed by atoms with Crippen molar-refractivity contribution in [3.05, 3.63) is 76.3 Å². The number of amides is 2. The Morgan fingerprint density at radius 1 is 0.913 bits per heavy atom. The standard InChI is InChI=1S/C16H12N4O3/c21-14-11(5-3-9-17-14)15(22)19-20-16(23)13-8-7-10-4-1-2-6-12(10)18-13/h1-9H,(H,17,21)(H,19,22)(H,20,23). The molecule has 0 fully saturated rings. The molecule has 1 aromatic carbocycles. The SMILES string of the molecule is O=C(NNC(=O)c1ccc[nH]c1=O)c1ccc2ccccc2n1. The van der Waals surface area contributed by atoms with E-state index in [0.717, 1.165) is 5.39 Å². The number of hydrogen-bond donors (Lipinski definition) is 3. The number of carbonyl (C=O) groups is 2. The zero-order valence-electron chi connectivity index (χ0n) is 11.9. The Hall–Kier alpha value is -3.48. The second-order valence-electron chi connectivity index (χ2n) is 4.71. The molecule has 23 heavy (non-hydrogen) atoms. The number of benzene rings is 1. The van der Waals surface area contributed by atoms with Crippen molar-refractivity contribution in [1.29, 1.82) is 0 Å². The van der Waals surface area contributed by atoms with Crippen LogP contribution in [0, 0.1) is 0 Å². The molecule has 0 saturated carbocycles. The molecule has 0 radical (unpaired) electrons. The fourth-order valence-electron chi connectivity index (χ4n) is 2.04. The molecule has 7 nitrogen and oxygen atoms in total. The number of hydrazine groups is 1. The second kappa shape index (κ2) is 6.10. The van der Waals surface area contributed by atoms with E-state index < -0.39 is 17.4 Å². The molecule has 0 spiro atoms. The monoisotopic (exact) mass is 308 g/mol. The van der Waals surface area contributed by atoms with Gasteiger partial charge in [-0.15, -0.1) is 0 Å². The van der Waals surface area contributed by atoms with Crippen LogP contribution in [0.5, 0.6) is 0 Å². The highest BCUT2D eigenvalue weighted by molar-refractivity contribution is 5.99. The van der Waals surface area contributed by atoms with Gasteiger partial charge in [-0.05, 0) is 24.3 Å². The first kappa shape index (κ1) is 14.5. The number of hydrogen-bond acceptors (Lipinski definition) is 4. The molecule has 0 atom stereocenters. The van der Waals surface area contributed by atoms with Gasteiger partial charge in [0.05, 0.1) is 5.52 Å². The van der Waals surface area contributed by atoms with E-state index in [1.807, 2.05) is 18.2 Å². The molecule has 2 aromatic heterocycles. The van der Waals surface area contributed by atoms with E-state index in [1.54, 1.807) is 18.2 Å². The number of fused-ring (bicyclic) bond motifs is 1. The average molecular weight is 308 g/mol. The lowest BCUT2D eigenvalue weighted by Gasteiger charge is -2.07. The fraction of sp³-hybridized carbons (Fsp3) is 0. The van der Waals surface area contributed by atoms with Crippen LogP contribution in [-0.4, -0.2) is 21.8 Å². The van der Waals surface area contributed by atoms with Crippen LogP contribution in [0.15, 0.2) is 59.5 Å². The van der Waals surface area contributed by atoms with Crippen LogP contribution in [-0.2, 0) is 0 Å². The van der Waals surface area contributed by atoms with Gasteiger partial charge in [-0.3, -0.25) is 25.2 Å². The molecule has 114 valence electrons. The number of H-pyrrole nitrogens is 1. The number of aromatic amines is 1. The zero-order valence-corrected chi connectivity index (χ0v) is 11.9. The van der Waals surface area contributed by atoms with Gasteiger partial charge >= 0.3 is 0 Å².